The van der Waals surface area contributed by atoms with Crippen LogP contribution in [0.15, 0.2) is 28.7 Å². The molecule has 0 amide bonds. The van der Waals surface area contributed by atoms with Crippen LogP contribution in [0, 0.1) is 0 Å². The molecule has 1 aliphatic rings. The molecule has 4 heteroatoms. The van der Waals surface area contributed by atoms with Crippen LogP contribution < -0.4 is 5.73 Å². The van der Waals surface area contributed by atoms with E-state index in [-0.39, 0.29) is 6.04 Å². The van der Waals surface area contributed by atoms with Crippen molar-refractivity contribution in [3.63, 3.8) is 0 Å². The Morgan fingerprint density at radius 1 is 1.37 bits per heavy atom. The van der Waals surface area contributed by atoms with Gasteiger partial charge >= 0.3 is 0 Å². The molecule has 0 bridgehead atoms. The smallest absolute Gasteiger partial charge is 0.0318 e. The number of halogens is 1. The monoisotopic (exact) mass is 325 g/mol. The zero-order valence-corrected chi connectivity index (χ0v) is 13.4. The van der Waals surface area contributed by atoms with Crippen LogP contribution in [0.1, 0.15) is 24.9 Å². The Hall–Kier alpha value is -0.420. The second kappa shape index (κ2) is 6.84. The highest BCUT2D eigenvalue weighted by atomic mass is 79.9. The van der Waals surface area contributed by atoms with Crippen LogP contribution in [0.2, 0.25) is 0 Å². The summed E-state index contributed by atoms with van der Waals surface area (Å²) in [7, 11) is 2.20. The summed E-state index contributed by atoms with van der Waals surface area (Å²) in [6.45, 7) is 6.84. The van der Waals surface area contributed by atoms with Crippen LogP contribution in [-0.4, -0.2) is 49.1 Å². The van der Waals surface area contributed by atoms with E-state index in [9.17, 15) is 0 Å². The standard InChI is InChI=1S/C15H24BrN3/c1-12-11-19(10-9-18(12)2)8-7-15(17)13-5-3-4-6-14(13)16/h3-6,12,15H,7-11,17H2,1-2H3. The molecule has 1 fully saturated rings. The molecule has 0 spiro atoms. The van der Waals surface area contributed by atoms with Crippen LogP contribution in [0.4, 0.5) is 0 Å². The molecule has 0 radical (unpaired) electrons. The van der Waals surface area contributed by atoms with Crippen molar-refractivity contribution in [1.29, 1.82) is 0 Å². The molecule has 106 valence electrons. The molecule has 2 unspecified atom stereocenters. The average molecular weight is 326 g/mol. The number of hydrogen-bond acceptors (Lipinski definition) is 3. The Labute approximate surface area is 124 Å². The lowest BCUT2D eigenvalue weighted by atomic mass is 10.0. The summed E-state index contributed by atoms with van der Waals surface area (Å²) in [5.41, 5.74) is 7.52. The molecular formula is C15H24BrN3. The maximum absolute atomic E-state index is 6.31. The van der Waals surface area contributed by atoms with E-state index in [1.165, 1.54) is 5.56 Å². The van der Waals surface area contributed by atoms with Crippen molar-refractivity contribution in [3.8, 4) is 0 Å². The summed E-state index contributed by atoms with van der Waals surface area (Å²) in [6.07, 6.45) is 1.01. The largest absolute Gasteiger partial charge is 0.324 e. The Kier molecular flexibility index (Phi) is 5.39. The van der Waals surface area contributed by atoms with Gasteiger partial charge in [-0.2, -0.15) is 0 Å². The van der Waals surface area contributed by atoms with E-state index in [2.05, 4.69) is 57.9 Å². The van der Waals surface area contributed by atoms with Gasteiger partial charge in [-0.3, -0.25) is 0 Å². The summed E-state index contributed by atoms with van der Waals surface area (Å²) in [5, 5.41) is 0. The van der Waals surface area contributed by atoms with Crippen molar-refractivity contribution in [2.45, 2.75) is 25.4 Å². The number of benzene rings is 1. The number of hydrogen-bond donors (Lipinski definition) is 1. The molecule has 1 saturated heterocycles. The third-order valence-electron chi connectivity index (χ3n) is 4.10. The minimum Gasteiger partial charge on any atom is -0.324 e. The van der Waals surface area contributed by atoms with Crippen LogP contribution in [0.25, 0.3) is 0 Å². The Balaban J connectivity index is 1.84. The quantitative estimate of drug-likeness (QED) is 0.923. The van der Waals surface area contributed by atoms with E-state index in [1.807, 2.05) is 6.07 Å². The number of nitrogens with zero attached hydrogens (tertiary/aromatic N) is 2. The first-order valence-electron chi connectivity index (χ1n) is 7.00. The lowest BCUT2D eigenvalue weighted by molar-refractivity contribution is 0.103. The SMILES string of the molecule is CC1CN(CCC(N)c2ccccc2Br)CCN1C. The molecule has 2 atom stereocenters. The molecule has 3 nitrogen and oxygen atoms in total. The van der Waals surface area contributed by atoms with Gasteiger partial charge in [0.1, 0.15) is 0 Å². The maximum Gasteiger partial charge on any atom is 0.0318 e. The molecule has 2 N–H and O–H groups in total. The van der Waals surface area contributed by atoms with Gasteiger partial charge in [-0.05, 0) is 32.0 Å². The van der Waals surface area contributed by atoms with E-state index in [0.29, 0.717) is 6.04 Å². The van der Waals surface area contributed by atoms with Gasteiger partial charge in [0.15, 0.2) is 0 Å². The molecule has 1 aromatic rings. The second-order valence-corrected chi connectivity index (χ2v) is 6.40. The van der Waals surface area contributed by atoms with Gasteiger partial charge in [-0.1, -0.05) is 34.1 Å². The van der Waals surface area contributed by atoms with Crippen molar-refractivity contribution in [3.05, 3.63) is 34.3 Å². The molecule has 0 aliphatic carbocycles. The van der Waals surface area contributed by atoms with Gasteiger partial charge in [0, 0.05) is 42.7 Å². The number of rotatable bonds is 4. The highest BCUT2D eigenvalue weighted by molar-refractivity contribution is 9.10. The molecule has 0 aromatic heterocycles. The Morgan fingerprint density at radius 2 is 2.11 bits per heavy atom. The first-order valence-corrected chi connectivity index (χ1v) is 7.80. The van der Waals surface area contributed by atoms with Gasteiger partial charge in [-0.25, -0.2) is 0 Å². The molecule has 2 rings (SSSR count). The van der Waals surface area contributed by atoms with Crippen molar-refractivity contribution in [2.75, 3.05) is 33.2 Å². The summed E-state index contributed by atoms with van der Waals surface area (Å²) < 4.78 is 1.12. The van der Waals surface area contributed by atoms with Crippen molar-refractivity contribution < 1.29 is 0 Å². The van der Waals surface area contributed by atoms with Crippen LogP contribution in [0.5, 0.6) is 0 Å². The van der Waals surface area contributed by atoms with Gasteiger partial charge in [0.25, 0.3) is 0 Å². The fraction of sp³-hybridized carbons (Fsp3) is 0.600. The molecular weight excluding hydrogens is 302 g/mol. The van der Waals surface area contributed by atoms with Gasteiger partial charge in [0.05, 0.1) is 0 Å². The zero-order valence-electron chi connectivity index (χ0n) is 11.8. The zero-order chi connectivity index (χ0) is 13.8. The summed E-state index contributed by atoms with van der Waals surface area (Å²) in [6, 6.07) is 9.02. The average Bonchev–Trinajstić information content (AvgIpc) is 2.40. The van der Waals surface area contributed by atoms with Crippen LogP contribution >= 0.6 is 15.9 Å². The normalized spacial score (nSPS) is 23.5. The first kappa shape index (κ1) is 15.0. The van der Waals surface area contributed by atoms with Crippen molar-refractivity contribution in [1.82, 2.24) is 9.80 Å². The fourth-order valence-electron chi connectivity index (χ4n) is 2.58. The Bertz CT molecular complexity index is 410. The van der Waals surface area contributed by atoms with Crippen LogP contribution in [0.3, 0.4) is 0 Å². The molecule has 1 heterocycles. The third kappa shape index (κ3) is 4.02. The summed E-state index contributed by atoms with van der Waals surface area (Å²) in [5.74, 6) is 0. The van der Waals surface area contributed by atoms with E-state index >= 15 is 0 Å². The van der Waals surface area contributed by atoms with E-state index < -0.39 is 0 Å². The summed E-state index contributed by atoms with van der Waals surface area (Å²) in [4.78, 5) is 4.95. The maximum atomic E-state index is 6.31. The number of piperazine rings is 1. The minimum absolute atomic E-state index is 0.116. The van der Waals surface area contributed by atoms with E-state index in [1.54, 1.807) is 0 Å². The highest BCUT2D eigenvalue weighted by Gasteiger charge is 2.21. The van der Waals surface area contributed by atoms with Crippen molar-refractivity contribution in [2.24, 2.45) is 5.73 Å². The van der Waals surface area contributed by atoms with Crippen LogP contribution in [-0.2, 0) is 0 Å². The van der Waals surface area contributed by atoms with Gasteiger partial charge < -0.3 is 15.5 Å². The fourth-order valence-corrected chi connectivity index (χ4v) is 3.16. The minimum atomic E-state index is 0.116. The topological polar surface area (TPSA) is 32.5 Å². The van der Waals surface area contributed by atoms with Gasteiger partial charge in [-0.15, -0.1) is 0 Å². The Morgan fingerprint density at radius 3 is 2.79 bits per heavy atom. The molecule has 1 aromatic carbocycles. The van der Waals surface area contributed by atoms with Gasteiger partial charge in [0.2, 0.25) is 0 Å². The molecule has 1 aliphatic heterocycles. The molecule has 0 saturated carbocycles. The van der Waals surface area contributed by atoms with E-state index in [4.69, 9.17) is 5.73 Å². The highest BCUT2D eigenvalue weighted by Crippen LogP contribution is 2.24. The first-order chi connectivity index (χ1) is 9.08. The predicted molar refractivity (Wildman–Crippen MR) is 84.2 cm³/mol. The number of nitrogens with two attached hydrogens (primary N) is 1. The van der Waals surface area contributed by atoms with Crippen molar-refractivity contribution >= 4 is 15.9 Å². The second-order valence-electron chi connectivity index (χ2n) is 5.55. The van der Waals surface area contributed by atoms with E-state index in [0.717, 1.165) is 37.1 Å². The number of likely N-dealkylation sites (N-methyl/N-ethyl adjacent to an activating group) is 1. The molecule has 19 heavy (non-hydrogen) atoms. The third-order valence-corrected chi connectivity index (χ3v) is 4.83. The lowest BCUT2D eigenvalue weighted by Gasteiger charge is -2.38. The summed E-state index contributed by atoms with van der Waals surface area (Å²) >= 11 is 3.58. The lowest BCUT2D eigenvalue weighted by Crippen LogP contribution is -2.50. The predicted octanol–water partition coefficient (Wildman–Crippen LogP) is 2.47.